The number of hydrogen-bond donors (Lipinski definition) is 1. The Morgan fingerprint density at radius 2 is 1.86 bits per heavy atom. The van der Waals surface area contributed by atoms with Gasteiger partial charge in [-0.15, -0.1) is 0 Å². The van der Waals surface area contributed by atoms with Crippen molar-refractivity contribution >= 4 is 15.8 Å². The van der Waals surface area contributed by atoms with E-state index in [0.717, 1.165) is 24.2 Å². The summed E-state index contributed by atoms with van der Waals surface area (Å²) in [5.41, 5.74) is 0.722. The summed E-state index contributed by atoms with van der Waals surface area (Å²) in [6.45, 7) is 2.30. The highest BCUT2D eigenvalue weighted by molar-refractivity contribution is 7.89. The molecule has 2 aliphatic rings. The van der Waals surface area contributed by atoms with Gasteiger partial charge < -0.3 is 5.32 Å². The predicted molar refractivity (Wildman–Crippen MR) is 102 cm³/mol. The molecule has 1 saturated carbocycles. The maximum Gasteiger partial charge on any atom is 0.417 e. The summed E-state index contributed by atoms with van der Waals surface area (Å²) in [6.07, 6.45) is -0.582. The zero-order valence-electron chi connectivity index (χ0n) is 15.6. The average molecular weight is 423 g/mol. The highest BCUT2D eigenvalue weighted by atomic mass is 32.2. The predicted octanol–water partition coefficient (Wildman–Crippen LogP) is 4.39. The smallest absolute Gasteiger partial charge is 0.345 e. The lowest BCUT2D eigenvalue weighted by Gasteiger charge is -2.30. The number of pyridine rings is 1. The molecule has 2 atom stereocenters. The van der Waals surface area contributed by atoms with Crippen molar-refractivity contribution in [3.8, 4) is 0 Å². The zero-order chi connectivity index (χ0) is 20.8. The van der Waals surface area contributed by atoms with Crippen LogP contribution in [0.2, 0.25) is 0 Å². The van der Waals surface area contributed by atoms with Crippen molar-refractivity contribution in [2.24, 2.45) is 11.8 Å². The first-order valence-electron chi connectivity index (χ1n) is 9.23. The first kappa shape index (κ1) is 19.8. The van der Waals surface area contributed by atoms with E-state index in [0.29, 0.717) is 30.5 Å². The van der Waals surface area contributed by atoms with E-state index in [2.05, 4.69) is 10.3 Å². The molecule has 2 fully saturated rings. The molecule has 4 rings (SSSR count). The van der Waals surface area contributed by atoms with E-state index in [1.54, 1.807) is 24.3 Å². The van der Waals surface area contributed by atoms with Gasteiger partial charge in [-0.25, -0.2) is 13.4 Å². The van der Waals surface area contributed by atoms with E-state index >= 15 is 0 Å². The number of allylic oxidation sites excluding steroid dienone is 1. The lowest BCUT2D eigenvalue weighted by molar-refractivity contribution is -0.137. The third kappa shape index (κ3) is 4.10. The summed E-state index contributed by atoms with van der Waals surface area (Å²) in [5, 5.41) is 2.85. The lowest BCUT2D eigenvalue weighted by atomic mass is 10.1. The number of aromatic nitrogens is 1. The summed E-state index contributed by atoms with van der Waals surface area (Å²) >= 11 is 0. The highest BCUT2D eigenvalue weighted by Gasteiger charge is 2.46. The second-order valence-electron chi connectivity index (χ2n) is 7.52. The van der Waals surface area contributed by atoms with Crippen molar-refractivity contribution in [1.29, 1.82) is 0 Å². The third-order valence-electron chi connectivity index (χ3n) is 5.35. The van der Waals surface area contributed by atoms with E-state index in [9.17, 15) is 21.6 Å². The van der Waals surface area contributed by atoms with Crippen molar-refractivity contribution in [2.75, 3.05) is 11.9 Å². The van der Waals surface area contributed by atoms with Crippen LogP contribution in [0.4, 0.5) is 19.0 Å². The Labute approximate surface area is 167 Å². The number of piperidine rings is 1. The molecule has 9 heteroatoms. The molecule has 0 radical (unpaired) electrons. The van der Waals surface area contributed by atoms with E-state index in [-0.39, 0.29) is 10.7 Å². The first-order valence-corrected chi connectivity index (χ1v) is 10.7. The van der Waals surface area contributed by atoms with Gasteiger partial charge in [0.25, 0.3) is 10.0 Å². The van der Waals surface area contributed by atoms with Gasteiger partial charge in [-0.3, -0.25) is 4.31 Å². The summed E-state index contributed by atoms with van der Waals surface area (Å²) in [7, 11) is -3.71. The number of benzene rings is 1. The maximum atomic E-state index is 13.2. The number of fused-ring (bicyclic) bond motifs is 1. The van der Waals surface area contributed by atoms with Crippen LogP contribution >= 0.6 is 0 Å². The standard InChI is InChI=1S/C20H20F3N3O2S/c1-13-2-5-18(6-3-13)29(27,28)26-12-15-8-14(15)9-17(26)11-25-19-7-4-16(10-24-19)20(21,22)23/h2-7,10-11,14-15H,8-9,12H2,1H3,(H,24,25)/t14-,15+/m1/s1. The molecule has 1 aromatic carbocycles. The Balaban J connectivity index is 1.58. The number of alkyl halides is 3. The number of hydrogen-bond acceptors (Lipinski definition) is 4. The molecule has 5 nitrogen and oxygen atoms in total. The molecular formula is C20H20F3N3O2S. The molecule has 154 valence electrons. The molecule has 2 heterocycles. The number of rotatable bonds is 4. The molecule has 1 aliphatic heterocycles. The van der Waals surface area contributed by atoms with E-state index in [1.807, 2.05) is 6.92 Å². The van der Waals surface area contributed by atoms with Gasteiger partial charge in [0.15, 0.2) is 0 Å². The normalized spacial score (nSPS) is 23.0. The van der Waals surface area contributed by atoms with Crippen molar-refractivity contribution in [2.45, 2.75) is 30.8 Å². The van der Waals surface area contributed by atoms with Crippen LogP contribution in [0.1, 0.15) is 24.0 Å². The molecule has 1 N–H and O–H groups in total. The summed E-state index contributed by atoms with van der Waals surface area (Å²) in [5.74, 6) is 1.03. The first-order chi connectivity index (χ1) is 13.6. The van der Waals surface area contributed by atoms with E-state index in [1.165, 1.54) is 16.6 Å². The lowest BCUT2D eigenvalue weighted by Crippen LogP contribution is -2.35. The Morgan fingerprint density at radius 1 is 1.14 bits per heavy atom. The Bertz CT molecular complexity index is 1030. The van der Waals surface area contributed by atoms with Gasteiger partial charge in [0.2, 0.25) is 0 Å². The van der Waals surface area contributed by atoms with Gasteiger partial charge in [0.1, 0.15) is 5.82 Å². The van der Waals surface area contributed by atoms with Crippen LogP contribution in [-0.2, 0) is 16.2 Å². The molecule has 0 amide bonds. The molecule has 0 bridgehead atoms. The molecule has 0 unspecified atom stereocenters. The fraction of sp³-hybridized carbons (Fsp3) is 0.350. The maximum absolute atomic E-state index is 13.2. The quantitative estimate of drug-likeness (QED) is 0.792. The summed E-state index contributed by atoms with van der Waals surface area (Å²) in [6, 6.07) is 8.85. The van der Waals surface area contributed by atoms with Crippen molar-refractivity contribution in [1.82, 2.24) is 9.29 Å². The molecule has 1 saturated heterocycles. The number of halogens is 3. The van der Waals surface area contributed by atoms with Gasteiger partial charge in [-0.1, -0.05) is 17.7 Å². The van der Waals surface area contributed by atoms with Gasteiger partial charge in [-0.05, 0) is 55.9 Å². The fourth-order valence-electron chi connectivity index (χ4n) is 3.51. The molecule has 29 heavy (non-hydrogen) atoms. The van der Waals surface area contributed by atoms with Crippen molar-refractivity contribution < 1.29 is 21.6 Å². The van der Waals surface area contributed by atoms with Gasteiger partial charge in [-0.2, -0.15) is 13.2 Å². The fourth-order valence-corrected chi connectivity index (χ4v) is 5.07. The van der Waals surface area contributed by atoms with E-state index in [4.69, 9.17) is 0 Å². The van der Waals surface area contributed by atoms with Crippen LogP contribution in [0, 0.1) is 18.8 Å². The third-order valence-corrected chi connectivity index (χ3v) is 7.18. The number of nitrogens with one attached hydrogen (secondary N) is 1. The van der Waals surface area contributed by atoms with Crippen LogP contribution in [0.3, 0.4) is 0 Å². The SMILES string of the molecule is Cc1ccc(S(=O)(=O)N2C[C@@H]3C[C@@H]3CC2=CNc2ccc(C(F)(F)F)cn2)cc1. The molecule has 2 aromatic rings. The minimum absolute atomic E-state index is 0.219. The highest BCUT2D eigenvalue weighted by Crippen LogP contribution is 2.49. The molecule has 0 spiro atoms. The number of aryl methyl sites for hydroxylation is 1. The summed E-state index contributed by atoms with van der Waals surface area (Å²) < 4.78 is 65.7. The summed E-state index contributed by atoms with van der Waals surface area (Å²) in [4.78, 5) is 3.99. The van der Waals surface area contributed by atoms with Crippen LogP contribution in [0.5, 0.6) is 0 Å². The van der Waals surface area contributed by atoms with Crippen LogP contribution < -0.4 is 5.32 Å². The Hall–Kier alpha value is -2.55. The largest absolute Gasteiger partial charge is 0.417 e. The monoisotopic (exact) mass is 423 g/mol. The van der Waals surface area contributed by atoms with Crippen LogP contribution in [0.15, 0.2) is 59.4 Å². The van der Waals surface area contributed by atoms with Gasteiger partial charge in [0.05, 0.1) is 10.5 Å². The van der Waals surface area contributed by atoms with Gasteiger partial charge >= 0.3 is 6.18 Å². The van der Waals surface area contributed by atoms with E-state index < -0.39 is 21.8 Å². The second-order valence-corrected chi connectivity index (χ2v) is 9.38. The van der Waals surface area contributed by atoms with Crippen LogP contribution in [-0.4, -0.2) is 24.3 Å². The topological polar surface area (TPSA) is 62.3 Å². The van der Waals surface area contributed by atoms with Crippen molar-refractivity contribution in [3.63, 3.8) is 0 Å². The number of nitrogens with zero attached hydrogens (tertiary/aromatic N) is 2. The zero-order valence-corrected chi connectivity index (χ0v) is 16.5. The van der Waals surface area contributed by atoms with Crippen LogP contribution in [0.25, 0.3) is 0 Å². The number of anilines is 1. The minimum atomic E-state index is -4.45. The van der Waals surface area contributed by atoms with Gasteiger partial charge in [0, 0.05) is 24.6 Å². The second kappa shape index (κ2) is 7.05. The molecule has 1 aromatic heterocycles. The number of sulfonamides is 1. The average Bonchev–Trinajstić information content (AvgIpc) is 3.44. The molecular weight excluding hydrogens is 403 g/mol. The Morgan fingerprint density at radius 3 is 2.48 bits per heavy atom. The minimum Gasteiger partial charge on any atom is -0.345 e. The Kier molecular flexibility index (Phi) is 4.80. The molecule has 1 aliphatic carbocycles. The van der Waals surface area contributed by atoms with Crippen molar-refractivity contribution in [3.05, 3.63) is 65.6 Å².